The van der Waals surface area contributed by atoms with E-state index in [1.165, 1.54) is 0 Å². The molecule has 1 heterocycles. The molecular weight excluding hydrogens is 303 g/mol. The molecule has 2 aromatic rings. The summed E-state index contributed by atoms with van der Waals surface area (Å²) in [7, 11) is 0. The number of rotatable bonds is 2. The van der Waals surface area contributed by atoms with E-state index in [1.54, 1.807) is 0 Å². The van der Waals surface area contributed by atoms with Crippen LogP contribution in [0.4, 0.5) is 27.1 Å². The molecule has 0 bridgehead atoms. The third-order valence-corrected chi connectivity index (χ3v) is 2.95. The van der Waals surface area contributed by atoms with Gasteiger partial charge in [-0.1, -0.05) is 0 Å². The van der Waals surface area contributed by atoms with Crippen molar-refractivity contribution in [2.75, 3.05) is 5.32 Å². The SMILES string of the molecule is O=C(Nc1nc(C(F)(F)F)cs1)c1ccc(F)cc1F. The predicted molar refractivity (Wildman–Crippen MR) is 61.4 cm³/mol. The molecule has 1 aromatic carbocycles. The van der Waals surface area contributed by atoms with Crippen LogP contribution in [0.15, 0.2) is 23.6 Å². The molecule has 0 saturated carbocycles. The number of thiazole rings is 1. The van der Waals surface area contributed by atoms with Crippen molar-refractivity contribution < 1.29 is 26.7 Å². The predicted octanol–water partition coefficient (Wildman–Crippen LogP) is 3.69. The molecular formula is C11H5F5N2OS. The molecule has 0 spiro atoms. The number of alkyl halides is 3. The fraction of sp³-hybridized carbons (Fsp3) is 0.0909. The van der Waals surface area contributed by atoms with Gasteiger partial charge in [0.25, 0.3) is 5.91 Å². The first-order valence-electron chi connectivity index (χ1n) is 5.06. The fourth-order valence-corrected chi connectivity index (χ4v) is 2.01. The Morgan fingerprint density at radius 1 is 1.25 bits per heavy atom. The molecule has 106 valence electrons. The van der Waals surface area contributed by atoms with Gasteiger partial charge in [-0.3, -0.25) is 10.1 Å². The minimum atomic E-state index is -4.62. The number of carbonyl (C=O) groups excluding carboxylic acids is 1. The smallest absolute Gasteiger partial charge is 0.298 e. The molecule has 2 rings (SSSR count). The van der Waals surface area contributed by atoms with Crippen molar-refractivity contribution in [2.45, 2.75) is 6.18 Å². The molecule has 0 saturated heterocycles. The van der Waals surface area contributed by atoms with Crippen LogP contribution in [0.2, 0.25) is 0 Å². The molecule has 0 unspecified atom stereocenters. The second kappa shape index (κ2) is 5.16. The van der Waals surface area contributed by atoms with Gasteiger partial charge in [-0.05, 0) is 12.1 Å². The number of benzene rings is 1. The number of anilines is 1. The van der Waals surface area contributed by atoms with E-state index in [-0.39, 0.29) is 5.13 Å². The highest BCUT2D eigenvalue weighted by atomic mass is 32.1. The maximum atomic E-state index is 13.3. The molecule has 0 aliphatic carbocycles. The van der Waals surface area contributed by atoms with Crippen molar-refractivity contribution in [2.24, 2.45) is 0 Å². The third-order valence-electron chi connectivity index (χ3n) is 2.19. The van der Waals surface area contributed by atoms with E-state index in [0.29, 0.717) is 17.4 Å². The van der Waals surface area contributed by atoms with Crippen molar-refractivity contribution in [1.29, 1.82) is 0 Å². The first kappa shape index (κ1) is 14.4. The number of halogens is 5. The summed E-state index contributed by atoms with van der Waals surface area (Å²) in [5, 5.41) is 2.41. The van der Waals surface area contributed by atoms with E-state index in [4.69, 9.17) is 0 Å². The van der Waals surface area contributed by atoms with Crippen LogP contribution in [-0.4, -0.2) is 10.9 Å². The third kappa shape index (κ3) is 3.10. The van der Waals surface area contributed by atoms with Crippen LogP contribution < -0.4 is 5.32 Å². The summed E-state index contributed by atoms with van der Waals surface area (Å²) in [6.07, 6.45) is -4.62. The summed E-state index contributed by atoms with van der Waals surface area (Å²) in [6, 6.07) is 2.25. The van der Waals surface area contributed by atoms with Crippen LogP contribution in [0.5, 0.6) is 0 Å². The van der Waals surface area contributed by atoms with E-state index in [2.05, 4.69) is 4.98 Å². The molecule has 1 amide bonds. The number of amides is 1. The molecule has 0 atom stereocenters. The maximum absolute atomic E-state index is 13.3. The zero-order chi connectivity index (χ0) is 14.9. The molecule has 1 aromatic heterocycles. The maximum Gasteiger partial charge on any atom is 0.434 e. The Morgan fingerprint density at radius 2 is 1.95 bits per heavy atom. The van der Waals surface area contributed by atoms with Gasteiger partial charge < -0.3 is 0 Å². The first-order chi connectivity index (χ1) is 9.27. The molecule has 0 aliphatic heterocycles. The Hall–Kier alpha value is -2.03. The van der Waals surface area contributed by atoms with E-state index >= 15 is 0 Å². The summed E-state index contributed by atoms with van der Waals surface area (Å²) in [5.74, 6) is -2.99. The lowest BCUT2D eigenvalue weighted by Crippen LogP contribution is -2.14. The van der Waals surface area contributed by atoms with Gasteiger partial charge in [-0.25, -0.2) is 13.8 Å². The monoisotopic (exact) mass is 308 g/mol. The minimum absolute atomic E-state index is 0.328. The second-order valence-electron chi connectivity index (χ2n) is 3.61. The van der Waals surface area contributed by atoms with E-state index < -0.39 is 35.0 Å². The van der Waals surface area contributed by atoms with Crippen molar-refractivity contribution in [3.05, 3.63) is 46.5 Å². The lowest BCUT2D eigenvalue weighted by Gasteiger charge is -2.03. The number of hydrogen-bond donors (Lipinski definition) is 1. The van der Waals surface area contributed by atoms with E-state index in [9.17, 15) is 26.7 Å². The van der Waals surface area contributed by atoms with E-state index in [0.717, 1.165) is 17.5 Å². The number of nitrogens with one attached hydrogen (secondary N) is 1. The van der Waals surface area contributed by atoms with Gasteiger partial charge >= 0.3 is 6.18 Å². The molecule has 20 heavy (non-hydrogen) atoms. The van der Waals surface area contributed by atoms with Gasteiger partial charge in [-0.15, -0.1) is 11.3 Å². The average molecular weight is 308 g/mol. The molecule has 1 N–H and O–H groups in total. The lowest BCUT2D eigenvalue weighted by molar-refractivity contribution is -0.140. The highest BCUT2D eigenvalue weighted by Crippen LogP contribution is 2.31. The van der Waals surface area contributed by atoms with Gasteiger partial charge in [0.2, 0.25) is 0 Å². The molecule has 9 heteroatoms. The number of nitrogens with zero attached hydrogens (tertiary/aromatic N) is 1. The number of hydrogen-bond acceptors (Lipinski definition) is 3. The lowest BCUT2D eigenvalue weighted by atomic mass is 10.2. The Balaban J connectivity index is 2.17. The molecule has 0 aliphatic rings. The van der Waals surface area contributed by atoms with Gasteiger partial charge in [0, 0.05) is 11.4 Å². The number of carbonyl (C=O) groups is 1. The van der Waals surface area contributed by atoms with Gasteiger partial charge in [0.1, 0.15) is 11.6 Å². The zero-order valence-corrected chi connectivity index (χ0v) is 10.3. The summed E-state index contributed by atoms with van der Waals surface area (Å²) < 4.78 is 62.9. The van der Waals surface area contributed by atoms with Crippen molar-refractivity contribution in [3.8, 4) is 0 Å². The van der Waals surface area contributed by atoms with Gasteiger partial charge in [-0.2, -0.15) is 13.2 Å². The van der Waals surface area contributed by atoms with Crippen LogP contribution in [0.3, 0.4) is 0 Å². The largest absolute Gasteiger partial charge is 0.434 e. The van der Waals surface area contributed by atoms with Gasteiger partial charge in [0.05, 0.1) is 5.56 Å². The molecule has 3 nitrogen and oxygen atoms in total. The standard InChI is InChI=1S/C11H5F5N2OS/c12-5-1-2-6(7(13)3-5)9(19)18-10-17-8(4-20-10)11(14,15)16/h1-4H,(H,17,18,19). The molecule has 0 fully saturated rings. The first-order valence-corrected chi connectivity index (χ1v) is 5.94. The summed E-state index contributed by atoms with van der Waals surface area (Å²) in [6.45, 7) is 0. The van der Waals surface area contributed by atoms with Crippen LogP contribution >= 0.6 is 11.3 Å². The average Bonchev–Trinajstić information content (AvgIpc) is 2.76. The fourth-order valence-electron chi connectivity index (χ4n) is 1.30. The quantitative estimate of drug-likeness (QED) is 0.860. The van der Waals surface area contributed by atoms with Crippen LogP contribution in [0.1, 0.15) is 16.1 Å². The highest BCUT2D eigenvalue weighted by molar-refractivity contribution is 7.14. The number of aromatic nitrogens is 1. The second-order valence-corrected chi connectivity index (χ2v) is 4.47. The van der Waals surface area contributed by atoms with Crippen LogP contribution in [-0.2, 0) is 6.18 Å². The summed E-state index contributed by atoms with van der Waals surface area (Å²) in [4.78, 5) is 14.8. The van der Waals surface area contributed by atoms with Crippen LogP contribution in [0.25, 0.3) is 0 Å². The minimum Gasteiger partial charge on any atom is -0.298 e. The van der Waals surface area contributed by atoms with E-state index in [1.807, 2.05) is 5.32 Å². The Labute approximate surface area is 113 Å². The summed E-state index contributed by atoms with van der Waals surface area (Å²) in [5.41, 5.74) is -1.65. The highest BCUT2D eigenvalue weighted by Gasteiger charge is 2.34. The Kier molecular flexibility index (Phi) is 3.71. The topological polar surface area (TPSA) is 42.0 Å². The van der Waals surface area contributed by atoms with Crippen molar-refractivity contribution in [3.63, 3.8) is 0 Å². The zero-order valence-electron chi connectivity index (χ0n) is 9.46. The molecule has 0 radical (unpaired) electrons. The Bertz CT molecular complexity index is 653. The van der Waals surface area contributed by atoms with Crippen LogP contribution in [0, 0.1) is 11.6 Å². The Morgan fingerprint density at radius 3 is 2.50 bits per heavy atom. The normalized spacial score (nSPS) is 11.4. The van der Waals surface area contributed by atoms with Crippen molar-refractivity contribution in [1.82, 2.24) is 4.98 Å². The van der Waals surface area contributed by atoms with Crippen molar-refractivity contribution >= 4 is 22.4 Å². The van der Waals surface area contributed by atoms with Gasteiger partial charge in [0.15, 0.2) is 10.8 Å². The summed E-state index contributed by atoms with van der Waals surface area (Å²) >= 11 is 0.549.